The van der Waals surface area contributed by atoms with Crippen LogP contribution in [0.3, 0.4) is 0 Å². The Kier molecular flexibility index (Phi) is 8.90. The maximum absolute atomic E-state index is 11.3. The van der Waals surface area contributed by atoms with Crippen molar-refractivity contribution in [3.63, 3.8) is 0 Å². The minimum atomic E-state index is -2.56. The number of benzene rings is 2. The number of hydrogen-bond acceptors (Lipinski definition) is 4. The first-order valence-electron chi connectivity index (χ1n) is 11.9. The molecule has 1 aliphatic heterocycles. The second kappa shape index (κ2) is 11.7. The van der Waals surface area contributed by atoms with E-state index in [1.807, 2.05) is 0 Å². The van der Waals surface area contributed by atoms with Crippen molar-refractivity contribution < 1.29 is 18.7 Å². The third kappa shape index (κ3) is 6.27. The molecular weight excluding hydrogens is 440 g/mol. The van der Waals surface area contributed by atoms with Gasteiger partial charge in [0.1, 0.15) is 0 Å². The standard InChI is InChI=1S/C29H36O4Si/c1-23-21-24(13-12-18-28(30)31-5)33-25(22-23)19-20-32-34(29(2,3)4,26-14-8-6-9-15-26)27-16-10-7-11-17-27/h6-11,14-17,24-25H,1,13,19-22H2,2-5H3/t24-,25-/m0/s1. The summed E-state index contributed by atoms with van der Waals surface area (Å²) in [5, 5.41) is 2.50. The number of ether oxygens (including phenoxy) is 2. The highest BCUT2D eigenvalue weighted by atomic mass is 28.4. The summed E-state index contributed by atoms with van der Waals surface area (Å²) >= 11 is 0. The molecule has 180 valence electrons. The highest BCUT2D eigenvalue weighted by Crippen LogP contribution is 2.37. The Morgan fingerprint density at radius 2 is 1.59 bits per heavy atom. The number of hydrogen-bond donors (Lipinski definition) is 0. The normalized spacial score (nSPS) is 18.6. The Morgan fingerprint density at radius 3 is 2.12 bits per heavy atom. The van der Waals surface area contributed by atoms with E-state index in [9.17, 15) is 4.79 Å². The Balaban J connectivity index is 1.76. The van der Waals surface area contributed by atoms with Gasteiger partial charge in [-0.05, 0) is 34.7 Å². The van der Waals surface area contributed by atoms with Crippen LogP contribution in [0.25, 0.3) is 0 Å². The Labute approximate surface area is 205 Å². The van der Waals surface area contributed by atoms with Gasteiger partial charge in [0.2, 0.25) is 0 Å². The van der Waals surface area contributed by atoms with E-state index in [1.165, 1.54) is 17.5 Å². The van der Waals surface area contributed by atoms with Gasteiger partial charge in [0, 0.05) is 18.9 Å². The molecular formula is C29H36O4Si. The van der Waals surface area contributed by atoms with E-state index in [2.05, 4.69) is 105 Å². The summed E-state index contributed by atoms with van der Waals surface area (Å²) in [5.74, 6) is 4.84. The van der Waals surface area contributed by atoms with E-state index in [0.717, 1.165) is 24.8 Å². The van der Waals surface area contributed by atoms with Crippen LogP contribution in [0, 0.1) is 11.8 Å². The fourth-order valence-corrected chi connectivity index (χ4v) is 9.36. The maximum Gasteiger partial charge on any atom is 0.384 e. The van der Waals surface area contributed by atoms with Crippen molar-refractivity contribution in [2.75, 3.05) is 13.7 Å². The molecule has 3 rings (SSSR count). The molecule has 0 aromatic heterocycles. The van der Waals surface area contributed by atoms with Crippen LogP contribution in [0.1, 0.15) is 46.5 Å². The molecule has 2 aromatic rings. The predicted molar refractivity (Wildman–Crippen MR) is 140 cm³/mol. The molecule has 0 spiro atoms. The SMILES string of the molecule is C=C1C[C@H](CC#CC(=O)OC)O[C@@H](CCO[Si](c2ccccc2)(c2ccccc2)C(C)(C)C)C1. The van der Waals surface area contributed by atoms with Crippen LogP contribution in [-0.4, -0.2) is 40.2 Å². The quantitative estimate of drug-likeness (QED) is 0.192. The minimum absolute atomic E-state index is 0.0318. The summed E-state index contributed by atoms with van der Waals surface area (Å²) in [5.41, 5.74) is 1.16. The Hall–Kier alpha value is -2.65. The average Bonchev–Trinajstić information content (AvgIpc) is 2.82. The first-order valence-corrected chi connectivity index (χ1v) is 13.8. The van der Waals surface area contributed by atoms with Gasteiger partial charge in [-0.1, -0.05) is 99.5 Å². The number of carbonyl (C=O) groups excluding carboxylic acids is 1. The first-order chi connectivity index (χ1) is 16.3. The summed E-state index contributed by atoms with van der Waals surface area (Å²) in [6.07, 6.45) is 2.83. The summed E-state index contributed by atoms with van der Waals surface area (Å²) in [6, 6.07) is 21.3. The molecule has 0 bridgehead atoms. The molecule has 34 heavy (non-hydrogen) atoms. The molecule has 4 nitrogen and oxygen atoms in total. The zero-order valence-electron chi connectivity index (χ0n) is 20.8. The molecule has 2 atom stereocenters. The smallest absolute Gasteiger partial charge is 0.384 e. The molecule has 0 N–H and O–H groups in total. The van der Waals surface area contributed by atoms with Gasteiger partial charge < -0.3 is 13.9 Å². The van der Waals surface area contributed by atoms with Crippen molar-refractivity contribution in [1.29, 1.82) is 0 Å². The number of methoxy groups -OCH3 is 1. The monoisotopic (exact) mass is 476 g/mol. The molecule has 1 heterocycles. The highest BCUT2D eigenvalue weighted by Gasteiger charge is 2.50. The lowest BCUT2D eigenvalue weighted by atomic mass is 9.96. The molecule has 0 radical (unpaired) electrons. The third-order valence-corrected chi connectivity index (χ3v) is 11.3. The van der Waals surface area contributed by atoms with E-state index in [1.54, 1.807) is 0 Å². The molecule has 0 unspecified atom stereocenters. The zero-order valence-corrected chi connectivity index (χ0v) is 21.8. The third-order valence-electron chi connectivity index (χ3n) is 6.30. The van der Waals surface area contributed by atoms with Crippen molar-refractivity contribution in [2.24, 2.45) is 0 Å². The van der Waals surface area contributed by atoms with Crippen molar-refractivity contribution in [3.05, 3.63) is 72.8 Å². The molecule has 5 heteroatoms. The lowest BCUT2D eigenvalue weighted by Gasteiger charge is -2.43. The van der Waals surface area contributed by atoms with Gasteiger partial charge in [0.05, 0.1) is 19.3 Å². The maximum atomic E-state index is 11.3. The van der Waals surface area contributed by atoms with Crippen molar-refractivity contribution in [3.8, 4) is 11.8 Å². The van der Waals surface area contributed by atoms with E-state index < -0.39 is 14.3 Å². The van der Waals surface area contributed by atoms with Crippen molar-refractivity contribution in [1.82, 2.24) is 0 Å². The number of carbonyl (C=O) groups is 1. The average molecular weight is 477 g/mol. The van der Waals surface area contributed by atoms with Crippen LogP contribution in [0.15, 0.2) is 72.8 Å². The molecule has 1 fully saturated rings. The van der Waals surface area contributed by atoms with Gasteiger partial charge in [0.15, 0.2) is 0 Å². The number of esters is 1. The molecule has 2 aromatic carbocycles. The fraction of sp³-hybridized carbons (Fsp3) is 0.414. The van der Waals surface area contributed by atoms with Gasteiger partial charge >= 0.3 is 5.97 Å². The summed E-state index contributed by atoms with van der Waals surface area (Å²) in [6.45, 7) is 11.7. The molecule has 1 saturated heterocycles. The van der Waals surface area contributed by atoms with E-state index in [-0.39, 0.29) is 17.2 Å². The zero-order chi connectivity index (χ0) is 24.6. The van der Waals surface area contributed by atoms with E-state index >= 15 is 0 Å². The van der Waals surface area contributed by atoms with Crippen LogP contribution >= 0.6 is 0 Å². The van der Waals surface area contributed by atoms with Gasteiger partial charge in [-0.2, -0.15) is 0 Å². The predicted octanol–water partition coefficient (Wildman–Crippen LogP) is 4.62. The van der Waals surface area contributed by atoms with Crippen LogP contribution in [0.2, 0.25) is 5.04 Å². The van der Waals surface area contributed by atoms with Crippen LogP contribution in [-0.2, 0) is 18.7 Å². The van der Waals surface area contributed by atoms with Crippen molar-refractivity contribution in [2.45, 2.75) is 63.7 Å². The molecule has 1 aliphatic rings. The lowest BCUT2D eigenvalue weighted by Crippen LogP contribution is -2.66. The van der Waals surface area contributed by atoms with Gasteiger partial charge in [-0.15, -0.1) is 0 Å². The second-order valence-electron chi connectivity index (χ2n) is 9.84. The van der Waals surface area contributed by atoms with Gasteiger partial charge in [-0.25, -0.2) is 4.79 Å². The van der Waals surface area contributed by atoms with Crippen molar-refractivity contribution >= 4 is 24.7 Å². The van der Waals surface area contributed by atoms with Crippen LogP contribution in [0.5, 0.6) is 0 Å². The summed E-state index contributed by atoms with van der Waals surface area (Å²) < 4.78 is 17.9. The van der Waals surface area contributed by atoms with E-state index in [4.69, 9.17) is 9.16 Å². The Morgan fingerprint density at radius 1 is 1.03 bits per heavy atom. The fourth-order valence-electron chi connectivity index (χ4n) is 4.78. The topological polar surface area (TPSA) is 44.8 Å². The lowest BCUT2D eigenvalue weighted by molar-refractivity contribution is -0.133. The van der Waals surface area contributed by atoms with E-state index in [0.29, 0.717) is 13.0 Å². The highest BCUT2D eigenvalue weighted by molar-refractivity contribution is 6.99. The molecule has 0 aliphatic carbocycles. The van der Waals surface area contributed by atoms with Gasteiger partial charge in [-0.3, -0.25) is 0 Å². The molecule has 0 saturated carbocycles. The first kappa shape index (κ1) is 26.0. The summed E-state index contributed by atoms with van der Waals surface area (Å²) in [7, 11) is -1.23. The van der Waals surface area contributed by atoms with Crippen LogP contribution < -0.4 is 10.4 Å². The largest absolute Gasteiger partial charge is 0.459 e. The Bertz CT molecular complexity index is 975. The second-order valence-corrected chi connectivity index (χ2v) is 14.1. The van der Waals surface area contributed by atoms with Crippen LogP contribution in [0.4, 0.5) is 0 Å². The molecule has 0 amide bonds. The minimum Gasteiger partial charge on any atom is -0.459 e. The summed E-state index contributed by atoms with van der Waals surface area (Å²) in [4.78, 5) is 11.3. The number of rotatable bonds is 7. The van der Waals surface area contributed by atoms with Gasteiger partial charge in [0.25, 0.3) is 8.32 Å².